The lowest BCUT2D eigenvalue weighted by Crippen LogP contribution is -2.40. The summed E-state index contributed by atoms with van der Waals surface area (Å²) in [6.45, 7) is 4.66. The Kier molecular flexibility index (Phi) is 7.17. The predicted octanol–water partition coefficient (Wildman–Crippen LogP) is 4.20. The summed E-state index contributed by atoms with van der Waals surface area (Å²) < 4.78 is 11.3. The van der Waals surface area contributed by atoms with Gasteiger partial charge in [0.05, 0.1) is 6.61 Å². The Balaban J connectivity index is 1.26. The molecule has 7 nitrogen and oxygen atoms in total. The first-order chi connectivity index (χ1) is 15.7. The summed E-state index contributed by atoms with van der Waals surface area (Å²) in [7, 11) is 0. The van der Waals surface area contributed by atoms with Crippen molar-refractivity contribution in [2.45, 2.75) is 26.3 Å². The van der Waals surface area contributed by atoms with Crippen LogP contribution in [-0.4, -0.2) is 35.6 Å². The molecule has 1 aliphatic heterocycles. The number of anilines is 1. The Labute approximate surface area is 188 Å². The van der Waals surface area contributed by atoms with Crippen LogP contribution in [-0.2, 0) is 11.3 Å². The van der Waals surface area contributed by atoms with E-state index in [1.807, 2.05) is 67.6 Å². The van der Waals surface area contributed by atoms with E-state index in [-0.39, 0.29) is 11.8 Å². The van der Waals surface area contributed by atoms with Crippen molar-refractivity contribution >= 4 is 11.7 Å². The zero-order valence-electron chi connectivity index (χ0n) is 18.2. The topological polar surface area (TPSA) is 76.6 Å². The van der Waals surface area contributed by atoms with E-state index in [0.29, 0.717) is 19.0 Å². The number of para-hydroxylation sites is 1. The quantitative estimate of drug-likeness (QED) is 0.575. The molecule has 1 fully saturated rings. The number of carbonyl (C=O) groups excluding carboxylic acids is 1. The molecule has 3 aromatic rings. The molecule has 166 valence electrons. The van der Waals surface area contributed by atoms with Crippen molar-refractivity contribution in [1.29, 1.82) is 0 Å². The normalized spacial score (nSPS) is 14.1. The molecular weight excluding hydrogens is 404 g/mol. The molecule has 1 aromatic heterocycles. The molecule has 0 radical (unpaired) electrons. The highest BCUT2D eigenvalue weighted by atomic mass is 16.5. The van der Waals surface area contributed by atoms with Crippen LogP contribution in [0.1, 0.15) is 25.3 Å². The number of aromatic nitrogens is 2. The van der Waals surface area contributed by atoms with E-state index < -0.39 is 0 Å². The summed E-state index contributed by atoms with van der Waals surface area (Å²) >= 11 is 0. The standard InChI is InChI=1S/C25H28N4O3/c1-2-31-21-10-8-19(9-11-21)17-26-25(30)20-12-14-29(15-13-20)23-16-24(28-18-27-23)32-22-6-4-3-5-7-22/h3-11,16,18,20H,2,12-15,17H2,1H3,(H,26,30). The second-order valence-electron chi connectivity index (χ2n) is 7.69. The Bertz CT molecular complexity index is 1000. The van der Waals surface area contributed by atoms with Crippen LogP contribution in [0, 0.1) is 5.92 Å². The van der Waals surface area contributed by atoms with E-state index in [4.69, 9.17) is 9.47 Å². The number of ether oxygens (including phenoxy) is 2. The van der Waals surface area contributed by atoms with Crippen LogP contribution in [0.25, 0.3) is 0 Å². The third kappa shape index (κ3) is 5.75. The molecule has 1 aliphatic rings. The van der Waals surface area contributed by atoms with Crippen molar-refractivity contribution in [1.82, 2.24) is 15.3 Å². The molecule has 32 heavy (non-hydrogen) atoms. The highest BCUT2D eigenvalue weighted by Gasteiger charge is 2.25. The molecule has 7 heteroatoms. The predicted molar refractivity (Wildman–Crippen MR) is 123 cm³/mol. The zero-order chi connectivity index (χ0) is 22.2. The molecule has 1 amide bonds. The van der Waals surface area contributed by atoms with Crippen molar-refractivity contribution in [2.24, 2.45) is 5.92 Å². The fourth-order valence-electron chi connectivity index (χ4n) is 3.74. The maximum absolute atomic E-state index is 12.6. The van der Waals surface area contributed by atoms with Gasteiger partial charge in [0.2, 0.25) is 11.8 Å². The van der Waals surface area contributed by atoms with Gasteiger partial charge in [-0.25, -0.2) is 9.97 Å². The average molecular weight is 433 g/mol. The fraction of sp³-hybridized carbons (Fsp3) is 0.320. The summed E-state index contributed by atoms with van der Waals surface area (Å²) in [5.74, 6) is 3.03. The van der Waals surface area contributed by atoms with Crippen LogP contribution in [0.15, 0.2) is 67.0 Å². The van der Waals surface area contributed by atoms with Gasteiger partial charge in [-0.05, 0) is 49.6 Å². The lowest BCUT2D eigenvalue weighted by molar-refractivity contribution is -0.125. The van der Waals surface area contributed by atoms with Crippen LogP contribution >= 0.6 is 0 Å². The molecule has 0 unspecified atom stereocenters. The first-order valence-electron chi connectivity index (χ1n) is 11.0. The van der Waals surface area contributed by atoms with Gasteiger partial charge >= 0.3 is 0 Å². The first-order valence-corrected chi connectivity index (χ1v) is 11.0. The molecular formula is C25H28N4O3. The molecule has 0 spiro atoms. The molecule has 4 rings (SSSR count). The minimum absolute atomic E-state index is 0.0100. The molecule has 1 N–H and O–H groups in total. The lowest BCUT2D eigenvalue weighted by Gasteiger charge is -2.32. The van der Waals surface area contributed by atoms with Gasteiger partial charge < -0.3 is 19.7 Å². The smallest absolute Gasteiger partial charge is 0.224 e. The average Bonchev–Trinajstić information content (AvgIpc) is 2.84. The van der Waals surface area contributed by atoms with Crippen molar-refractivity contribution in [2.75, 3.05) is 24.6 Å². The monoisotopic (exact) mass is 432 g/mol. The van der Waals surface area contributed by atoms with Crippen molar-refractivity contribution in [3.63, 3.8) is 0 Å². The number of hydrogen-bond acceptors (Lipinski definition) is 6. The number of nitrogens with one attached hydrogen (secondary N) is 1. The van der Waals surface area contributed by atoms with Crippen LogP contribution in [0.3, 0.4) is 0 Å². The molecule has 2 aromatic carbocycles. The highest BCUT2D eigenvalue weighted by Crippen LogP contribution is 2.26. The Morgan fingerprint density at radius 1 is 1.03 bits per heavy atom. The largest absolute Gasteiger partial charge is 0.494 e. The Morgan fingerprint density at radius 2 is 1.78 bits per heavy atom. The van der Waals surface area contributed by atoms with E-state index in [9.17, 15) is 4.79 Å². The number of hydrogen-bond donors (Lipinski definition) is 1. The van der Waals surface area contributed by atoms with Gasteiger partial charge in [0.25, 0.3) is 0 Å². The SMILES string of the molecule is CCOc1ccc(CNC(=O)C2CCN(c3cc(Oc4ccccc4)ncn3)CC2)cc1. The van der Waals surface area contributed by atoms with E-state index in [1.165, 1.54) is 6.33 Å². The van der Waals surface area contributed by atoms with E-state index in [0.717, 1.165) is 48.8 Å². The molecule has 0 bridgehead atoms. The molecule has 1 saturated heterocycles. The van der Waals surface area contributed by atoms with Crippen LogP contribution in [0.4, 0.5) is 5.82 Å². The van der Waals surface area contributed by atoms with Crippen molar-refractivity contribution < 1.29 is 14.3 Å². The number of rotatable bonds is 8. The molecule has 0 atom stereocenters. The Morgan fingerprint density at radius 3 is 2.50 bits per heavy atom. The zero-order valence-corrected chi connectivity index (χ0v) is 18.2. The molecule has 0 saturated carbocycles. The Hall–Kier alpha value is -3.61. The van der Waals surface area contributed by atoms with Crippen LogP contribution < -0.4 is 19.7 Å². The van der Waals surface area contributed by atoms with E-state index in [1.54, 1.807) is 0 Å². The van der Waals surface area contributed by atoms with Gasteiger partial charge in [0.1, 0.15) is 23.6 Å². The summed E-state index contributed by atoms with van der Waals surface area (Å²) in [6, 6.07) is 19.2. The minimum atomic E-state index is 0.0100. The maximum Gasteiger partial charge on any atom is 0.224 e. The number of carbonyl (C=O) groups is 1. The first kappa shape index (κ1) is 21.6. The van der Waals surface area contributed by atoms with E-state index >= 15 is 0 Å². The summed E-state index contributed by atoms with van der Waals surface area (Å²) in [5.41, 5.74) is 1.06. The highest BCUT2D eigenvalue weighted by molar-refractivity contribution is 5.79. The lowest BCUT2D eigenvalue weighted by atomic mass is 9.96. The summed E-state index contributed by atoms with van der Waals surface area (Å²) in [5, 5.41) is 3.07. The second-order valence-corrected chi connectivity index (χ2v) is 7.69. The third-order valence-electron chi connectivity index (χ3n) is 5.48. The maximum atomic E-state index is 12.6. The molecule has 0 aliphatic carbocycles. The van der Waals surface area contributed by atoms with E-state index in [2.05, 4.69) is 20.2 Å². The molecule has 2 heterocycles. The van der Waals surface area contributed by atoms with Crippen LogP contribution in [0.2, 0.25) is 0 Å². The van der Waals surface area contributed by atoms with Crippen molar-refractivity contribution in [3.8, 4) is 17.4 Å². The number of benzene rings is 2. The number of nitrogens with zero attached hydrogens (tertiary/aromatic N) is 3. The van der Waals surface area contributed by atoms with Gasteiger partial charge in [-0.1, -0.05) is 30.3 Å². The van der Waals surface area contributed by atoms with Gasteiger partial charge in [0, 0.05) is 31.6 Å². The minimum Gasteiger partial charge on any atom is -0.494 e. The fourth-order valence-corrected chi connectivity index (χ4v) is 3.74. The van der Waals surface area contributed by atoms with Gasteiger partial charge in [-0.2, -0.15) is 0 Å². The third-order valence-corrected chi connectivity index (χ3v) is 5.48. The van der Waals surface area contributed by atoms with Crippen LogP contribution in [0.5, 0.6) is 17.4 Å². The number of piperidine rings is 1. The van der Waals surface area contributed by atoms with Gasteiger partial charge in [0.15, 0.2) is 0 Å². The second kappa shape index (κ2) is 10.6. The van der Waals surface area contributed by atoms with Gasteiger partial charge in [-0.15, -0.1) is 0 Å². The summed E-state index contributed by atoms with van der Waals surface area (Å²) in [4.78, 5) is 23.4. The van der Waals surface area contributed by atoms with Gasteiger partial charge in [-0.3, -0.25) is 4.79 Å². The summed E-state index contributed by atoms with van der Waals surface area (Å²) in [6.07, 6.45) is 3.09. The number of amides is 1. The van der Waals surface area contributed by atoms with Crippen molar-refractivity contribution in [3.05, 3.63) is 72.6 Å².